The molecule has 0 aromatic carbocycles. The molecule has 0 N–H and O–H groups in total. The first-order valence-electron chi connectivity index (χ1n) is 10.4. The summed E-state index contributed by atoms with van der Waals surface area (Å²) in [6.07, 6.45) is 7.05. The van der Waals surface area contributed by atoms with Gasteiger partial charge in [0.1, 0.15) is 0 Å². The molecule has 0 fully saturated rings. The van der Waals surface area contributed by atoms with Crippen LogP contribution < -0.4 is 0 Å². The molecule has 0 radical (unpaired) electrons. The van der Waals surface area contributed by atoms with Crippen LogP contribution in [0.2, 0.25) is 18.1 Å². The SMILES string of the molecule is C=C(C)C(=O)OC(CCC)C(=O)O[Si](CCCC)(CCCC)CCCC. The van der Waals surface area contributed by atoms with Crippen molar-refractivity contribution < 1.29 is 18.8 Å². The van der Waals surface area contributed by atoms with Gasteiger partial charge in [-0.25, -0.2) is 9.59 Å². The number of hydrogen-bond donors (Lipinski definition) is 0. The average molecular weight is 385 g/mol. The molecule has 0 heterocycles. The van der Waals surface area contributed by atoms with E-state index < -0.39 is 20.4 Å². The smallest absolute Gasteiger partial charge is 0.334 e. The molecular weight excluding hydrogens is 344 g/mol. The Labute approximate surface area is 161 Å². The summed E-state index contributed by atoms with van der Waals surface area (Å²) in [4.78, 5) is 24.8. The van der Waals surface area contributed by atoms with Gasteiger partial charge in [0.2, 0.25) is 0 Å². The maximum atomic E-state index is 12.9. The van der Waals surface area contributed by atoms with Crippen molar-refractivity contribution in [1.29, 1.82) is 0 Å². The predicted molar refractivity (Wildman–Crippen MR) is 111 cm³/mol. The fraction of sp³-hybridized carbons (Fsp3) is 0.810. The van der Waals surface area contributed by atoms with Gasteiger partial charge >= 0.3 is 11.9 Å². The largest absolute Gasteiger partial charge is 0.516 e. The molecule has 0 spiro atoms. The van der Waals surface area contributed by atoms with Crippen LogP contribution in [0.1, 0.15) is 86.0 Å². The second kappa shape index (κ2) is 14.0. The predicted octanol–water partition coefficient (Wildman–Crippen LogP) is 6.16. The second-order valence-corrected chi connectivity index (χ2v) is 11.4. The molecule has 0 saturated heterocycles. The minimum Gasteiger partial charge on any atom is -0.516 e. The third-order valence-electron chi connectivity index (χ3n) is 4.69. The Hall–Kier alpha value is -1.10. The van der Waals surface area contributed by atoms with Gasteiger partial charge in [0.25, 0.3) is 8.32 Å². The van der Waals surface area contributed by atoms with Crippen molar-refractivity contribution in [3.63, 3.8) is 0 Å². The van der Waals surface area contributed by atoms with E-state index in [0.29, 0.717) is 12.0 Å². The molecule has 0 aliphatic rings. The summed E-state index contributed by atoms with van der Waals surface area (Å²) in [6, 6.07) is 3.05. The van der Waals surface area contributed by atoms with Crippen LogP contribution in [-0.4, -0.2) is 26.4 Å². The number of carbonyl (C=O) groups excluding carboxylic acids is 2. The van der Waals surface area contributed by atoms with Crippen molar-refractivity contribution in [2.75, 3.05) is 0 Å². The van der Waals surface area contributed by atoms with Gasteiger partial charge in [0, 0.05) is 5.57 Å². The molecule has 4 nitrogen and oxygen atoms in total. The summed E-state index contributed by atoms with van der Waals surface area (Å²) in [6.45, 7) is 13.7. The molecule has 1 atom stereocenters. The first-order valence-corrected chi connectivity index (χ1v) is 13.0. The van der Waals surface area contributed by atoms with Crippen LogP contribution in [0.25, 0.3) is 0 Å². The van der Waals surface area contributed by atoms with E-state index in [-0.39, 0.29) is 5.97 Å². The standard InChI is InChI=1S/C21H40O4Si/c1-7-11-15-26(16-12-8-2,17-13-9-3)25-21(23)19(14-10-4)24-20(22)18(5)6/h19H,5,7-17H2,1-4,6H3. The zero-order valence-electron chi connectivity index (χ0n) is 17.7. The molecule has 5 heteroatoms. The van der Waals surface area contributed by atoms with Gasteiger partial charge in [-0.2, -0.15) is 0 Å². The molecule has 0 aliphatic heterocycles. The van der Waals surface area contributed by atoms with E-state index in [9.17, 15) is 9.59 Å². The summed E-state index contributed by atoms with van der Waals surface area (Å²) in [7, 11) is -2.15. The summed E-state index contributed by atoms with van der Waals surface area (Å²) in [5.41, 5.74) is 0.311. The Morgan fingerprint density at radius 2 is 1.35 bits per heavy atom. The summed E-state index contributed by atoms with van der Waals surface area (Å²) in [5, 5.41) is 0. The van der Waals surface area contributed by atoms with Crippen molar-refractivity contribution in [3.05, 3.63) is 12.2 Å². The normalized spacial score (nSPS) is 12.5. The molecule has 152 valence electrons. The lowest BCUT2D eigenvalue weighted by molar-refractivity contribution is -0.160. The second-order valence-electron chi connectivity index (χ2n) is 7.38. The van der Waals surface area contributed by atoms with E-state index in [1.54, 1.807) is 6.92 Å². The topological polar surface area (TPSA) is 52.6 Å². The summed E-state index contributed by atoms with van der Waals surface area (Å²) < 4.78 is 11.6. The fourth-order valence-electron chi connectivity index (χ4n) is 3.02. The molecule has 0 aliphatic carbocycles. The van der Waals surface area contributed by atoms with Crippen molar-refractivity contribution in [1.82, 2.24) is 0 Å². The lowest BCUT2D eigenvalue weighted by atomic mass is 10.2. The highest BCUT2D eigenvalue weighted by Gasteiger charge is 2.39. The van der Waals surface area contributed by atoms with Crippen molar-refractivity contribution in [3.8, 4) is 0 Å². The lowest BCUT2D eigenvalue weighted by Crippen LogP contribution is -2.44. The molecule has 0 bridgehead atoms. The minimum absolute atomic E-state index is 0.311. The van der Waals surface area contributed by atoms with E-state index in [1.807, 2.05) is 6.92 Å². The van der Waals surface area contributed by atoms with Gasteiger partial charge in [-0.3, -0.25) is 0 Å². The van der Waals surface area contributed by atoms with E-state index >= 15 is 0 Å². The van der Waals surface area contributed by atoms with Crippen LogP contribution in [0.3, 0.4) is 0 Å². The van der Waals surface area contributed by atoms with Crippen LogP contribution in [0.15, 0.2) is 12.2 Å². The number of ether oxygens (including phenoxy) is 1. The highest BCUT2D eigenvalue weighted by molar-refractivity contribution is 6.75. The summed E-state index contributed by atoms with van der Waals surface area (Å²) >= 11 is 0. The lowest BCUT2D eigenvalue weighted by Gasteiger charge is -2.33. The zero-order chi connectivity index (χ0) is 20.0. The Bertz CT molecular complexity index is 412. The number of hydrogen-bond acceptors (Lipinski definition) is 4. The van der Waals surface area contributed by atoms with E-state index in [0.717, 1.165) is 63.1 Å². The first kappa shape index (κ1) is 24.9. The van der Waals surface area contributed by atoms with Crippen LogP contribution >= 0.6 is 0 Å². The van der Waals surface area contributed by atoms with Crippen molar-refractivity contribution in [2.45, 2.75) is 110 Å². The van der Waals surface area contributed by atoms with Crippen LogP contribution in [0.5, 0.6) is 0 Å². The third kappa shape index (κ3) is 9.55. The number of unbranched alkanes of at least 4 members (excludes halogenated alkanes) is 3. The van der Waals surface area contributed by atoms with Crippen LogP contribution in [-0.2, 0) is 18.8 Å². The van der Waals surface area contributed by atoms with Crippen LogP contribution in [0, 0.1) is 0 Å². The van der Waals surface area contributed by atoms with Gasteiger partial charge in [-0.05, 0) is 31.5 Å². The fourth-order valence-corrected chi connectivity index (χ4v) is 7.63. The van der Waals surface area contributed by atoms with Gasteiger partial charge in [0.05, 0.1) is 0 Å². The molecule has 0 amide bonds. The van der Waals surface area contributed by atoms with E-state index in [2.05, 4.69) is 27.4 Å². The average Bonchev–Trinajstić information content (AvgIpc) is 2.62. The number of esters is 1. The van der Waals surface area contributed by atoms with Crippen LogP contribution in [0.4, 0.5) is 0 Å². The number of rotatable bonds is 15. The number of carbonyl (C=O) groups is 2. The quantitative estimate of drug-likeness (QED) is 0.193. The van der Waals surface area contributed by atoms with Gasteiger partial charge in [-0.15, -0.1) is 0 Å². The molecule has 0 aromatic heterocycles. The van der Waals surface area contributed by atoms with Gasteiger partial charge in [0.15, 0.2) is 6.10 Å². The Morgan fingerprint density at radius 3 is 1.69 bits per heavy atom. The molecule has 0 rings (SSSR count). The van der Waals surface area contributed by atoms with Gasteiger partial charge < -0.3 is 9.16 Å². The summed E-state index contributed by atoms with van der Waals surface area (Å²) in [5.74, 6) is -0.847. The maximum absolute atomic E-state index is 12.9. The Kier molecular flexibility index (Phi) is 13.4. The van der Waals surface area contributed by atoms with Crippen molar-refractivity contribution in [2.24, 2.45) is 0 Å². The Morgan fingerprint density at radius 1 is 0.885 bits per heavy atom. The maximum Gasteiger partial charge on any atom is 0.334 e. The molecule has 1 unspecified atom stereocenters. The van der Waals surface area contributed by atoms with Crippen molar-refractivity contribution >= 4 is 20.3 Å². The molecule has 26 heavy (non-hydrogen) atoms. The molecular formula is C21H40O4Si. The highest BCUT2D eigenvalue weighted by atomic mass is 28.4. The third-order valence-corrected chi connectivity index (χ3v) is 9.11. The molecule has 0 saturated carbocycles. The minimum atomic E-state index is -2.15. The monoisotopic (exact) mass is 384 g/mol. The Balaban J connectivity index is 5.32. The first-order chi connectivity index (χ1) is 12.4. The molecule has 0 aromatic rings. The van der Waals surface area contributed by atoms with Gasteiger partial charge in [-0.1, -0.05) is 79.2 Å². The van der Waals surface area contributed by atoms with E-state index in [1.165, 1.54) is 0 Å². The van der Waals surface area contributed by atoms with E-state index in [4.69, 9.17) is 9.16 Å². The zero-order valence-corrected chi connectivity index (χ0v) is 18.7. The highest BCUT2D eigenvalue weighted by Crippen LogP contribution is 2.30.